The van der Waals surface area contributed by atoms with Crippen LogP contribution in [0.1, 0.15) is 30.9 Å². The van der Waals surface area contributed by atoms with Crippen molar-refractivity contribution in [1.82, 2.24) is 9.80 Å². The largest absolute Gasteiger partial charge is 0.378 e. The summed E-state index contributed by atoms with van der Waals surface area (Å²) in [5.74, 6) is 1.02. The number of hydrogen-bond donors (Lipinski definition) is 0. The predicted octanol–water partition coefficient (Wildman–Crippen LogP) is 2.07. The number of carbonyl (C=O) groups is 1. The van der Waals surface area contributed by atoms with Crippen molar-refractivity contribution in [2.45, 2.75) is 31.3 Å². The topological polar surface area (TPSA) is 32.8 Å². The summed E-state index contributed by atoms with van der Waals surface area (Å²) in [5.41, 5.74) is 1.32. The van der Waals surface area contributed by atoms with Gasteiger partial charge in [0.2, 0.25) is 5.91 Å². The van der Waals surface area contributed by atoms with Crippen LogP contribution in [0.5, 0.6) is 0 Å². The number of benzene rings is 1. The lowest BCUT2D eigenvalue weighted by Crippen LogP contribution is -2.60. The van der Waals surface area contributed by atoms with Crippen molar-refractivity contribution >= 4 is 5.91 Å². The summed E-state index contributed by atoms with van der Waals surface area (Å²) in [4.78, 5) is 16.9. The number of ether oxygens (including phenoxy) is 1. The van der Waals surface area contributed by atoms with Crippen LogP contribution in [0.2, 0.25) is 0 Å². The predicted molar refractivity (Wildman–Crippen MR) is 84.4 cm³/mol. The number of nitrogens with zero attached hydrogens (tertiary/aromatic N) is 2. The Kier molecular flexibility index (Phi) is 3.89. The van der Waals surface area contributed by atoms with Crippen molar-refractivity contribution in [2.24, 2.45) is 5.92 Å². The molecular weight excluding hydrogens is 276 g/mol. The summed E-state index contributed by atoms with van der Waals surface area (Å²) in [7, 11) is 0. The van der Waals surface area contributed by atoms with E-state index in [1.807, 2.05) is 0 Å². The lowest BCUT2D eigenvalue weighted by molar-refractivity contribution is -0.140. The van der Waals surface area contributed by atoms with Crippen molar-refractivity contribution in [2.75, 3.05) is 32.8 Å². The standard InChI is InChI=1S/C18H24N2O2/c21-18(10-14-6-7-14)19-8-9-20-16(11-19)12-22-13-17(20)15-4-2-1-3-5-15/h1-5,14,16-17H,6-13H2/t16-,17-/m1/s1. The molecule has 4 heteroatoms. The number of piperazine rings is 1. The summed E-state index contributed by atoms with van der Waals surface area (Å²) in [6.07, 6.45) is 3.25. The van der Waals surface area contributed by atoms with E-state index in [1.165, 1.54) is 18.4 Å². The lowest BCUT2D eigenvalue weighted by Gasteiger charge is -2.48. The molecule has 3 aliphatic rings. The Labute approximate surface area is 132 Å². The van der Waals surface area contributed by atoms with Gasteiger partial charge in [-0.2, -0.15) is 0 Å². The monoisotopic (exact) mass is 300 g/mol. The highest BCUT2D eigenvalue weighted by atomic mass is 16.5. The van der Waals surface area contributed by atoms with Crippen LogP contribution in [0.15, 0.2) is 30.3 Å². The zero-order valence-electron chi connectivity index (χ0n) is 13.0. The molecule has 1 aromatic carbocycles. The zero-order valence-corrected chi connectivity index (χ0v) is 13.0. The Morgan fingerprint density at radius 2 is 1.95 bits per heavy atom. The average molecular weight is 300 g/mol. The normalized spacial score (nSPS) is 29.2. The third-order valence-electron chi connectivity index (χ3n) is 5.21. The second kappa shape index (κ2) is 6.01. The van der Waals surface area contributed by atoms with Crippen molar-refractivity contribution < 1.29 is 9.53 Å². The molecule has 1 amide bonds. The number of rotatable bonds is 3. The third kappa shape index (κ3) is 2.90. The molecule has 0 unspecified atom stereocenters. The number of hydrogen-bond acceptors (Lipinski definition) is 3. The number of carbonyl (C=O) groups excluding carboxylic acids is 1. The van der Waals surface area contributed by atoms with Crippen LogP contribution in [0, 0.1) is 5.92 Å². The van der Waals surface area contributed by atoms with Crippen LogP contribution in [0.3, 0.4) is 0 Å². The minimum Gasteiger partial charge on any atom is -0.378 e. The van der Waals surface area contributed by atoms with Crippen molar-refractivity contribution in [3.05, 3.63) is 35.9 Å². The Hall–Kier alpha value is -1.39. The van der Waals surface area contributed by atoms with Crippen molar-refractivity contribution in [3.63, 3.8) is 0 Å². The van der Waals surface area contributed by atoms with Crippen LogP contribution in [-0.2, 0) is 9.53 Å². The van der Waals surface area contributed by atoms with Gasteiger partial charge in [0.1, 0.15) is 0 Å². The number of morpholine rings is 1. The van der Waals surface area contributed by atoms with Gasteiger partial charge >= 0.3 is 0 Å². The van der Waals surface area contributed by atoms with Gasteiger partial charge in [0.05, 0.1) is 25.3 Å². The van der Waals surface area contributed by atoms with E-state index < -0.39 is 0 Å². The fourth-order valence-electron chi connectivity index (χ4n) is 3.73. The summed E-state index contributed by atoms with van der Waals surface area (Å²) >= 11 is 0. The zero-order chi connectivity index (χ0) is 14.9. The van der Waals surface area contributed by atoms with Gasteiger partial charge in [0.25, 0.3) is 0 Å². The molecule has 1 aromatic rings. The first-order valence-corrected chi connectivity index (χ1v) is 8.47. The first-order valence-electron chi connectivity index (χ1n) is 8.47. The Balaban J connectivity index is 1.43. The molecule has 3 fully saturated rings. The van der Waals surface area contributed by atoms with Crippen molar-refractivity contribution in [1.29, 1.82) is 0 Å². The Morgan fingerprint density at radius 1 is 1.14 bits per heavy atom. The minimum atomic E-state index is 0.334. The molecule has 0 aromatic heterocycles. The van der Waals surface area contributed by atoms with E-state index in [0.29, 0.717) is 23.9 Å². The summed E-state index contributed by atoms with van der Waals surface area (Å²) in [6, 6.07) is 11.3. The molecule has 4 rings (SSSR count). The molecule has 118 valence electrons. The van der Waals surface area contributed by atoms with E-state index in [9.17, 15) is 4.79 Å². The molecule has 1 saturated carbocycles. The van der Waals surface area contributed by atoms with Crippen LogP contribution < -0.4 is 0 Å². The molecule has 1 aliphatic carbocycles. The van der Waals surface area contributed by atoms with Gasteiger partial charge < -0.3 is 9.64 Å². The molecule has 0 radical (unpaired) electrons. The summed E-state index contributed by atoms with van der Waals surface area (Å²) < 4.78 is 5.85. The number of amides is 1. The molecule has 0 spiro atoms. The first-order chi connectivity index (χ1) is 10.8. The Bertz CT molecular complexity index is 529. The maximum atomic E-state index is 12.3. The van der Waals surface area contributed by atoms with Gasteiger partial charge in [-0.25, -0.2) is 0 Å². The van der Waals surface area contributed by atoms with E-state index >= 15 is 0 Å². The van der Waals surface area contributed by atoms with E-state index in [2.05, 4.69) is 40.1 Å². The molecule has 2 atom stereocenters. The van der Waals surface area contributed by atoms with Gasteiger partial charge in [-0.1, -0.05) is 30.3 Å². The minimum absolute atomic E-state index is 0.334. The van der Waals surface area contributed by atoms with Gasteiger partial charge in [0.15, 0.2) is 0 Å². The maximum Gasteiger partial charge on any atom is 0.222 e. The molecular formula is C18H24N2O2. The highest BCUT2D eigenvalue weighted by Crippen LogP contribution is 2.34. The molecule has 2 saturated heterocycles. The quantitative estimate of drug-likeness (QED) is 0.857. The highest BCUT2D eigenvalue weighted by molar-refractivity contribution is 5.77. The second-order valence-corrected chi connectivity index (χ2v) is 6.84. The molecule has 0 N–H and O–H groups in total. The summed E-state index contributed by atoms with van der Waals surface area (Å²) in [6.45, 7) is 4.16. The van der Waals surface area contributed by atoms with Crippen LogP contribution in [0.4, 0.5) is 0 Å². The van der Waals surface area contributed by atoms with E-state index in [0.717, 1.165) is 39.3 Å². The molecule has 4 nitrogen and oxygen atoms in total. The van der Waals surface area contributed by atoms with E-state index in [-0.39, 0.29) is 0 Å². The third-order valence-corrected chi connectivity index (χ3v) is 5.21. The fourth-order valence-corrected chi connectivity index (χ4v) is 3.73. The Morgan fingerprint density at radius 3 is 2.73 bits per heavy atom. The van der Waals surface area contributed by atoms with Crippen LogP contribution in [-0.4, -0.2) is 54.6 Å². The fraction of sp³-hybridized carbons (Fsp3) is 0.611. The summed E-state index contributed by atoms with van der Waals surface area (Å²) in [5, 5.41) is 0. The van der Waals surface area contributed by atoms with Gasteiger partial charge in [-0.05, 0) is 24.3 Å². The highest BCUT2D eigenvalue weighted by Gasteiger charge is 2.38. The first kappa shape index (κ1) is 14.2. The van der Waals surface area contributed by atoms with E-state index in [4.69, 9.17) is 4.74 Å². The van der Waals surface area contributed by atoms with Gasteiger partial charge in [-0.3, -0.25) is 9.69 Å². The van der Waals surface area contributed by atoms with Gasteiger partial charge in [-0.15, -0.1) is 0 Å². The lowest BCUT2D eigenvalue weighted by atomic mass is 10.00. The van der Waals surface area contributed by atoms with Crippen LogP contribution >= 0.6 is 0 Å². The maximum absolute atomic E-state index is 12.3. The average Bonchev–Trinajstić information content (AvgIpc) is 3.38. The number of fused-ring (bicyclic) bond motifs is 1. The van der Waals surface area contributed by atoms with Crippen molar-refractivity contribution in [3.8, 4) is 0 Å². The SMILES string of the molecule is O=C(CC1CC1)N1CCN2[C@@H](COC[C@@H]2c2ccccc2)C1. The molecule has 0 bridgehead atoms. The smallest absolute Gasteiger partial charge is 0.222 e. The molecule has 2 aliphatic heterocycles. The molecule has 22 heavy (non-hydrogen) atoms. The second-order valence-electron chi connectivity index (χ2n) is 6.84. The van der Waals surface area contributed by atoms with Crippen LogP contribution in [0.25, 0.3) is 0 Å². The molecule has 2 heterocycles. The van der Waals surface area contributed by atoms with Gasteiger partial charge in [0, 0.05) is 26.1 Å². The van der Waals surface area contributed by atoms with E-state index in [1.54, 1.807) is 0 Å².